The summed E-state index contributed by atoms with van der Waals surface area (Å²) in [6.45, 7) is 0.175. The number of nitrogens with zero attached hydrogens (tertiary/aromatic N) is 1. The summed E-state index contributed by atoms with van der Waals surface area (Å²) >= 11 is 5.58. The average Bonchev–Trinajstić information content (AvgIpc) is 2.05. The van der Waals surface area contributed by atoms with Crippen molar-refractivity contribution in [2.45, 2.75) is 6.10 Å². The lowest BCUT2D eigenvalue weighted by Gasteiger charge is -2.05. The fraction of sp³-hybridized carbons (Fsp3) is 0.286. The maximum Gasteiger partial charge on any atom is 0.108 e. The van der Waals surface area contributed by atoms with Gasteiger partial charge < -0.3 is 10.8 Å². The van der Waals surface area contributed by atoms with Gasteiger partial charge in [0.05, 0.1) is 10.7 Å². The van der Waals surface area contributed by atoms with Gasteiger partial charge in [-0.25, -0.2) is 0 Å². The molecule has 1 heterocycles. The lowest BCUT2D eigenvalue weighted by Crippen LogP contribution is -2.12. The standard InChI is InChI=1S/C7H9ClN2O/c8-5-1-2-6(10-4-5)7(11)3-9/h1-2,4,7,11H,3,9H2/t7-/m0/s1. The zero-order chi connectivity index (χ0) is 8.27. The molecule has 0 amide bonds. The Morgan fingerprint density at radius 1 is 1.64 bits per heavy atom. The van der Waals surface area contributed by atoms with Crippen molar-refractivity contribution in [2.24, 2.45) is 5.73 Å². The van der Waals surface area contributed by atoms with Crippen molar-refractivity contribution < 1.29 is 5.11 Å². The summed E-state index contributed by atoms with van der Waals surface area (Å²) in [5.41, 5.74) is 5.77. The summed E-state index contributed by atoms with van der Waals surface area (Å²) in [7, 11) is 0. The molecule has 1 atom stereocenters. The summed E-state index contributed by atoms with van der Waals surface area (Å²) in [5.74, 6) is 0. The maximum atomic E-state index is 9.19. The highest BCUT2D eigenvalue weighted by molar-refractivity contribution is 6.30. The molecule has 11 heavy (non-hydrogen) atoms. The van der Waals surface area contributed by atoms with Gasteiger partial charge in [0, 0.05) is 12.7 Å². The predicted octanol–water partition coefficient (Wildman–Crippen LogP) is 0.727. The van der Waals surface area contributed by atoms with Gasteiger partial charge in [0.1, 0.15) is 6.10 Å². The zero-order valence-electron chi connectivity index (χ0n) is 5.87. The van der Waals surface area contributed by atoms with E-state index in [1.165, 1.54) is 6.20 Å². The second-order valence-electron chi connectivity index (χ2n) is 2.15. The van der Waals surface area contributed by atoms with Crippen LogP contribution in [0.25, 0.3) is 0 Å². The molecule has 1 aromatic heterocycles. The minimum atomic E-state index is -0.688. The summed E-state index contributed by atoms with van der Waals surface area (Å²) in [4.78, 5) is 3.89. The van der Waals surface area contributed by atoms with Crippen molar-refractivity contribution in [2.75, 3.05) is 6.54 Å². The molecule has 4 heteroatoms. The number of aliphatic hydroxyl groups is 1. The monoisotopic (exact) mass is 172 g/mol. The Morgan fingerprint density at radius 2 is 2.36 bits per heavy atom. The van der Waals surface area contributed by atoms with Crippen molar-refractivity contribution in [3.05, 3.63) is 29.0 Å². The third-order valence-electron chi connectivity index (χ3n) is 1.31. The van der Waals surface area contributed by atoms with Crippen LogP contribution < -0.4 is 5.73 Å². The third kappa shape index (κ3) is 2.15. The van der Waals surface area contributed by atoms with Crippen LogP contribution in [-0.2, 0) is 0 Å². The Labute approximate surface area is 69.8 Å². The maximum absolute atomic E-state index is 9.19. The molecule has 0 fully saturated rings. The number of pyridine rings is 1. The molecule has 1 rings (SSSR count). The van der Waals surface area contributed by atoms with E-state index in [-0.39, 0.29) is 6.54 Å². The molecule has 60 valence electrons. The minimum Gasteiger partial charge on any atom is -0.385 e. The lowest BCUT2D eigenvalue weighted by atomic mass is 10.2. The van der Waals surface area contributed by atoms with Crippen LogP contribution in [-0.4, -0.2) is 16.6 Å². The molecular formula is C7H9ClN2O. The molecule has 3 nitrogen and oxygen atoms in total. The molecular weight excluding hydrogens is 164 g/mol. The molecule has 0 radical (unpaired) electrons. The van der Waals surface area contributed by atoms with E-state index in [9.17, 15) is 5.11 Å². The molecule has 3 N–H and O–H groups in total. The van der Waals surface area contributed by atoms with E-state index in [4.69, 9.17) is 17.3 Å². The zero-order valence-corrected chi connectivity index (χ0v) is 6.62. The Bertz CT molecular complexity index is 224. The Kier molecular flexibility index (Phi) is 2.82. The van der Waals surface area contributed by atoms with E-state index in [1.54, 1.807) is 12.1 Å². The molecule has 0 aliphatic carbocycles. The number of hydrogen-bond donors (Lipinski definition) is 2. The van der Waals surface area contributed by atoms with E-state index in [0.29, 0.717) is 10.7 Å². The van der Waals surface area contributed by atoms with Gasteiger partial charge in [0.2, 0.25) is 0 Å². The third-order valence-corrected chi connectivity index (χ3v) is 1.54. The van der Waals surface area contributed by atoms with Gasteiger partial charge in [-0.3, -0.25) is 4.98 Å². The Hall–Kier alpha value is -0.640. The van der Waals surface area contributed by atoms with Crippen molar-refractivity contribution in [1.29, 1.82) is 0 Å². The SMILES string of the molecule is NC[C@H](O)c1ccc(Cl)cn1. The van der Waals surface area contributed by atoms with E-state index in [2.05, 4.69) is 4.98 Å². The molecule has 0 aliphatic heterocycles. The van der Waals surface area contributed by atoms with Crippen molar-refractivity contribution >= 4 is 11.6 Å². The van der Waals surface area contributed by atoms with Crippen LogP contribution in [0.4, 0.5) is 0 Å². The van der Waals surface area contributed by atoms with Crippen molar-refractivity contribution in [3.63, 3.8) is 0 Å². The molecule has 0 saturated heterocycles. The molecule has 0 bridgehead atoms. The topological polar surface area (TPSA) is 59.1 Å². The normalized spacial score (nSPS) is 13.0. The largest absolute Gasteiger partial charge is 0.385 e. The number of hydrogen-bond acceptors (Lipinski definition) is 3. The average molecular weight is 173 g/mol. The number of rotatable bonds is 2. The van der Waals surface area contributed by atoms with Crippen molar-refractivity contribution in [1.82, 2.24) is 4.98 Å². The smallest absolute Gasteiger partial charge is 0.108 e. The second-order valence-corrected chi connectivity index (χ2v) is 2.59. The van der Waals surface area contributed by atoms with Crippen molar-refractivity contribution in [3.8, 4) is 0 Å². The molecule has 1 aromatic rings. The first-order valence-electron chi connectivity index (χ1n) is 3.23. The number of halogens is 1. The van der Waals surface area contributed by atoms with E-state index < -0.39 is 6.10 Å². The van der Waals surface area contributed by atoms with Gasteiger partial charge in [-0.05, 0) is 12.1 Å². The van der Waals surface area contributed by atoms with Crippen LogP contribution in [0.15, 0.2) is 18.3 Å². The minimum absolute atomic E-state index is 0.175. The fourth-order valence-corrected chi connectivity index (χ4v) is 0.817. The van der Waals surface area contributed by atoms with Crippen LogP contribution in [0.3, 0.4) is 0 Å². The molecule has 0 spiro atoms. The highest BCUT2D eigenvalue weighted by Crippen LogP contribution is 2.11. The lowest BCUT2D eigenvalue weighted by molar-refractivity contribution is 0.182. The summed E-state index contributed by atoms with van der Waals surface area (Å²) in [6.07, 6.45) is 0.794. The second kappa shape index (κ2) is 3.67. The highest BCUT2D eigenvalue weighted by atomic mass is 35.5. The van der Waals surface area contributed by atoms with Gasteiger partial charge in [-0.15, -0.1) is 0 Å². The van der Waals surface area contributed by atoms with Crippen LogP contribution in [0.5, 0.6) is 0 Å². The molecule has 0 aliphatic rings. The van der Waals surface area contributed by atoms with Gasteiger partial charge in [-0.2, -0.15) is 0 Å². The Morgan fingerprint density at radius 3 is 2.82 bits per heavy atom. The Balaban J connectivity index is 2.81. The quantitative estimate of drug-likeness (QED) is 0.692. The van der Waals surface area contributed by atoms with Crippen LogP contribution in [0.1, 0.15) is 11.8 Å². The van der Waals surface area contributed by atoms with E-state index in [1.807, 2.05) is 0 Å². The first-order valence-corrected chi connectivity index (χ1v) is 3.61. The van der Waals surface area contributed by atoms with Gasteiger partial charge >= 0.3 is 0 Å². The molecule has 0 unspecified atom stereocenters. The van der Waals surface area contributed by atoms with Gasteiger partial charge in [-0.1, -0.05) is 11.6 Å². The van der Waals surface area contributed by atoms with Crippen LogP contribution in [0, 0.1) is 0 Å². The predicted molar refractivity (Wildman–Crippen MR) is 43.3 cm³/mol. The first-order chi connectivity index (χ1) is 5.24. The van der Waals surface area contributed by atoms with Gasteiger partial charge in [0.15, 0.2) is 0 Å². The summed E-state index contributed by atoms with van der Waals surface area (Å²) in [5, 5.41) is 9.74. The number of aromatic nitrogens is 1. The van der Waals surface area contributed by atoms with E-state index in [0.717, 1.165) is 0 Å². The molecule has 0 aromatic carbocycles. The first kappa shape index (κ1) is 8.46. The number of nitrogens with two attached hydrogens (primary N) is 1. The molecule has 0 saturated carbocycles. The fourth-order valence-electron chi connectivity index (χ4n) is 0.705. The van der Waals surface area contributed by atoms with Crippen LogP contribution in [0.2, 0.25) is 5.02 Å². The highest BCUT2D eigenvalue weighted by Gasteiger charge is 2.04. The summed E-state index contributed by atoms with van der Waals surface area (Å²) < 4.78 is 0. The van der Waals surface area contributed by atoms with Gasteiger partial charge in [0.25, 0.3) is 0 Å². The van der Waals surface area contributed by atoms with E-state index >= 15 is 0 Å². The van der Waals surface area contributed by atoms with Crippen LogP contribution >= 0.6 is 11.6 Å². The number of aliphatic hydroxyl groups excluding tert-OH is 1. The summed E-state index contributed by atoms with van der Waals surface area (Å²) in [6, 6.07) is 3.32.